The summed E-state index contributed by atoms with van der Waals surface area (Å²) in [5, 5.41) is 3.11. The van der Waals surface area contributed by atoms with Crippen molar-refractivity contribution < 1.29 is 14.3 Å². The lowest BCUT2D eigenvalue weighted by molar-refractivity contribution is -0.142. The molecule has 0 aliphatic carbocycles. The predicted molar refractivity (Wildman–Crippen MR) is 53.1 cm³/mol. The highest BCUT2D eigenvalue weighted by Crippen LogP contribution is 2.02. The number of esters is 1. The van der Waals surface area contributed by atoms with Crippen LogP contribution in [0.5, 0.6) is 0 Å². The maximum Gasteiger partial charge on any atom is 0.319 e. The third-order valence-electron chi connectivity index (χ3n) is 2.23. The summed E-state index contributed by atoms with van der Waals surface area (Å²) in [5.74, 6) is -0.162. The quantitative estimate of drug-likeness (QED) is 0.508. The van der Waals surface area contributed by atoms with Gasteiger partial charge in [-0.25, -0.2) is 0 Å². The predicted octanol–water partition coefficient (Wildman–Crippen LogP) is 0.708. The van der Waals surface area contributed by atoms with Crippen molar-refractivity contribution in [3.8, 4) is 0 Å². The van der Waals surface area contributed by atoms with Gasteiger partial charge in [-0.05, 0) is 12.8 Å². The molecule has 1 rings (SSSR count). The first-order valence-electron chi connectivity index (χ1n) is 5.29. The van der Waals surface area contributed by atoms with Gasteiger partial charge in [0.15, 0.2) is 0 Å². The van der Waals surface area contributed by atoms with Gasteiger partial charge in [0.25, 0.3) is 0 Å². The smallest absolute Gasteiger partial charge is 0.319 e. The van der Waals surface area contributed by atoms with Crippen LogP contribution in [-0.2, 0) is 14.3 Å². The van der Waals surface area contributed by atoms with Crippen LogP contribution in [-0.4, -0.2) is 38.4 Å². The first-order chi connectivity index (χ1) is 6.83. The van der Waals surface area contributed by atoms with Gasteiger partial charge in [-0.15, -0.1) is 0 Å². The lowest BCUT2D eigenvalue weighted by Gasteiger charge is -2.09. The summed E-state index contributed by atoms with van der Waals surface area (Å²) >= 11 is 0. The summed E-state index contributed by atoms with van der Waals surface area (Å²) in [4.78, 5) is 11.1. The number of nitrogens with one attached hydrogen (secondary N) is 1. The van der Waals surface area contributed by atoms with E-state index in [1.165, 1.54) is 0 Å². The fraction of sp³-hybridized carbons (Fsp3) is 0.900. The van der Waals surface area contributed by atoms with Crippen molar-refractivity contribution in [2.75, 3.05) is 26.4 Å². The Bertz CT molecular complexity index is 167. The van der Waals surface area contributed by atoms with Crippen LogP contribution in [0.25, 0.3) is 0 Å². The zero-order valence-corrected chi connectivity index (χ0v) is 8.75. The van der Waals surface area contributed by atoms with Gasteiger partial charge < -0.3 is 14.8 Å². The lowest BCUT2D eigenvalue weighted by Crippen LogP contribution is -2.34. The third kappa shape index (κ3) is 4.58. The topological polar surface area (TPSA) is 47.6 Å². The molecule has 0 amide bonds. The van der Waals surface area contributed by atoms with E-state index in [0.717, 1.165) is 25.9 Å². The number of hydrogen-bond donors (Lipinski definition) is 1. The molecule has 0 radical (unpaired) electrons. The standard InChI is InChI=1S/C10H19NO3/c1-2-3-5-14-10(12)7-11-9-4-6-13-8-9/h9,11H,2-8H2,1H3. The van der Waals surface area contributed by atoms with Gasteiger partial charge in [0.2, 0.25) is 0 Å². The van der Waals surface area contributed by atoms with Crippen molar-refractivity contribution in [2.24, 2.45) is 0 Å². The Balaban J connectivity index is 1.96. The van der Waals surface area contributed by atoms with Gasteiger partial charge >= 0.3 is 5.97 Å². The van der Waals surface area contributed by atoms with Gasteiger partial charge in [0.05, 0.1) is 19.8 Å². The summed E-state index contributed by atoms with van der Waals surface area (Å²) in [6, 6.07) is 0.328. The van der Waals surface area contributed by atoms with Gasteiger partial charge in [0.1, 0.15) is 0 Å². The van der Waals surface area contributed by atoms with Gasteiger partial charge in [-0.2, -0.15) is 0 Å². The second-order valence-electron chi connectivity index (χ2n) is 3.52. The molecule has 1 heterocycles. The summed E-state index contributed by atoms with van der Waals surface area (Å²) in [6.45, 7) is 4.42. The van der Waals surface area contributed by atoms with Crippen LogP contribution in [0.15, 0.2) is 0 Å². The zero-order valence-electron chi connectivity index (χ0n) is 8.75. The molecule has 0 aromatic heterocycles. The van der Waals surface area contributed by atoms with Crippen molar-refractivity contribution in [2.45, 2.75) is 32.2 Å². The molecule has 14 heavy (non-hydrogen) atoms. The molecule has 1 N–H and O–H groups in total. The monoisotopic (exact) mass is 201 g/mol. The summed E-state index contributed by atoms with van der Waals surface area (Å²) < 4.78 is 10.2. The molecule has 1 aliphatic heterocycles. The molecule has 0 saturated carbocycles. The highest BCUT2D eigenvalue weighted by Gasteiger charge is 2.15. The fourth-order valence-corrected chi connectivity index (χ4v) is 1.30. The van der Waals surface area contributed by atoms with E-state index in [9.17, 15) is 4.79 Å². The zero-order chi connectivity index (χ0) is 10.2. The average molecular weight is 201 g/mol. The van der Waals surface area contributed by atoms with Crippen molar-refractivity contribution in [3.05, 3.63) is 0 Å². The molecule has 4 nitrogen and oxygen atoms in total. The van der Waals surface area contributed by atoms with Crippen LogP contribution < -0.4 is 5.32 Å². The van der Waals surface area contributed by atoms with Gasteiger partial charge in [-0.3, -0.25) is 4.79 Å². The Kier molecular flexibility index (Phi) is 5.56. The fourth-order valence-electron chi connectivity index (χ4n) is 1.30. The molecule has 0 bridgehead atoms. The van der Waals surface area contributed by atoms with E-state index in [1.54, 1.807) is 0 Å². The Morgan fingerprint density at radius 3 is 3.14 bits per heavy atom. The molecular weight excluding hydrogens is 182 g/mol. The molecule has 1 saturated heterocycles. The van der Waals surface area contributed by atoms with E-state index in [4.69, 9.17) is 9.47 Å². The number of hydrogen-bond acceptors (Lipinski definition) is 4. The van der Waals surface area contributed by atoms with Crippen molar-refractivity contribution in [1.29, 1.82) is 0 Å². The summed E-state index contributed by atoms with van der Waals surface area (Å²) in [5.41, 5.74) is 0. The van der Waals surface area contributed by atoms with Gasteiger partial charge in [0, 0.05) is 12.6 Å². The van der Waals surface area contributed by atoms with Crippen LogP contribution in [0.4, 0.5) is 0 Å². The Labute approximate surface area is 85.0 Å². The average Bonchev–Trinajstić information content (AvgIpc) is 2.68. The van der Waals surface area contributed by atoms with Crippen molar-refractivity contribution in [1.82, 2.24) is 5.32 Å². The minimum Gasteiger partial charge on any atom is -0.465 e. The van der Waals surface area contributed by atoms with Crippen molar-refractivity contribution >= 4 is 5.97 Å². The Morgan fingerprint density at radius 2 is 2.50 bits per heavy atom. The molecule has 1 aliphatic rings. The van der Waals surface area contributed by atoms with Crippen LogP contribution in [0.2, 0.25) is 0 Å². The largest absolute Gasteiger partial charge is 0.465 e. The molecule has 1 fully saturated rings. The minimum absolute atomic E-state index is 0.162. The van der Waals surface area contributed by atoms with Crippen molar-refractivity contribution in [3.63, 3.8) is 0 Å². The van der Waals surface area contributed by atoms with E-state index >= 15 is 0 Å². The molecule has 1 unspecified atom stereocenters. The number of carbonyl (C=O) groups is 1. The molecule has 82 valence electrons. The highest BCUT2D eigenvalue weighted by molar-refractivity contribution is 5.71. The molecule has 4 heteroatoms. The van der Waals surface area contributed by atoms with Crippen LogP contribution in [0.1, 0.15) is 26.2 Å². The molecule has 0 spiro atoms. The second-order valence-corrected chi connectivity index (χ2v) is 3.52. The number of rotatable bonds is 6. The Morgan fingerprint density at radius 1 is 1.64 bits per heavy atom. The minimum atomic E-state index is -0.162. The normalized spacial score (nSPS) is 21.1. The first kappa shape index (κ1) is 11.5. The maximum atomic E-state index is 11.1. The maximum absolute atomic E-state index is 11.1. The number of unbranched alkanes of at least 4 members (excludes halogenated alkanes) is 1. The molecule has 0 aromatic rings. The van der Waals surface area contributed by atoms with E-state index < -0.39 is 0 Å². The van der Waals surface area contributed by atoms with Crippen LogP contribution in [0, 0.1) is 0 Å². The van der Waals surface area contributed by atoms with E-state index in [0.29, 0.717) is 25.8 Å². The van der Waals surface area contributed by atoms with E-state index in [1.807, 2.05) is 0 Å². The number of carbonyl (C=O) groups excluding carboxylic acids is 1. The third-order valence-corrected chi connectivity index (χ3v) is 2.23. The SMILES string of the molecule is CCCCOC(=O)CNC1CCOC1. The second kappa shape index (κ2) is 6.79. The van der Waals surface area contributed by atoms with E-state index in [-0.39, 0.29) is 5.97 Å². The first-order valence-corrected chi connectivity index (χ1v) is 5.29. The molecule has 1 atom stereocenters. The van der Waals surface area contributed by atoms with Gasteiger partial charge in [-0.1, -0.05) is 13.3 Å². The number of ether oxygens (including phenoxy) is 2. The Hall–Kier alpha value is -0.610. The molecular formula is C10H19NO3. The lowest BCUT2D eigenvalue weighted by atomic mass is 10.3. The highest BCUT2D eigenvalue weighted by atomic mass is 16.5. The summed E-state index contributed by atoms with van der Waals surface area (Å²) in [7, 11) is 0. The van der Waals surface area contributed by atoms with Crippen LogP contribution in [0.3, 0.4) is 0 Å². The van der Waals surface area contributed by atoms with Crippen LogP contribution >= 0.6 is 0 Å². The van der Waals surface area contributed by atoms with E-state index in [2.05, 4.69) is 12.2 Å². The molecule has 0 aromatic carbocycles. The summed E-state index contributed by atoms with van der Waals surface area (Å²) in [6.07, 6.45) is 2.98.